The second-order valence-electron chi connectivity index (χ2n) is 5.53. The van der Waals surface area contributed by atoms with Crippen molar-refractivity contribution >= 4 is 21.9 Å². The Bertz CT molecular complexity index is 332. The maximum Gasteiger partial charge on any atom is 0.322 e. The monoisotopic (exact) mass is 302 g/mol. The molecule has 3 nitrogen and oxygen atoms in total. The zero-order valence-corrected chi connectivity index (χ0v) is 11.8. The molecule has 0 aromatic carbocycles. The van der Waals surface area contributed by atoms with Crippen LogP contribution in [0.1, 0.15) is 20.3 Å². The number of hydrogen-bond acceptors (Lipinski definition) is 3. The zero-order valence-electron chi connectivity index (χ0n) is 10.2. The normalized spacial score (nSPS) is 35.3. The van der Waals surface area contributed by atoms with Gasteiger partial charge in [-0.2, -0.15) is 0 Å². The van der Waals surface area contributed by atoms with Crippen molar-refractivity contribution in [1.29, 1.82) is 0 Å². The number of rotatable bonds is 4. The minimum atomic E-state index is -0.630. The molecule has 0 amide bonds. The Morgan fingerprint density at radius 2 is 2.00 bits per heavy atom. The second kappa shape index (κ2) is 4.73. The molecule has 2 aliphatic carbocycles. The predicted octanol–water partition coefficient (Wildman–Crippen LogP) is 2.13. The van der Waals surface area contributed by atoms with Crippen molar-refractivity contribution in [3.63, 3.8) is 0 Å². The quantitative estimate of drug-likeness (QED) is 0.492. The van der Waals surface area contributed by atoms with Gasteiger partial charge in [-0.25, -0.2) is 0 Å². The summed E-state index contributed by atoms with van der Waals surface area (Å²) in [4.78, 5) is 11.7. The third kappa shape index (κ3) is 2.58. The summed E-state index contributed by atoms with van der Waals surface area (Å²) < 4.78 is 4.71. The van der Waals surface area contributed by atoms with E-state index in [1.807, 2.05) is 0 Å². The standard InChI is InChI=1S/C13H19BrO3/c1-13(2,14)12(16)17-7-11-9-4-3-8(5-9)10(11)6-15/h3-4,8-11,15H,5-7H2,1-2H3/t8-,9+,10+,11-/m0/s1. The second-order valence-corrected chi connectivity index (χ2v) is 7.51. The molecule has 17 heavy (non-hydrogen) atoms. The van der Waals surface area contributed by atoms with Crippen LogP contribution in [0.4, 0.5) is 0 Å². The van der Waals surface area contributed by atoms with Gasteiger partial charge in [-0.1, -0.05) is 28.1 Å². The summed E-state index contributed by atoms with van der Waals surface area (Å²) in [6.07, 6.45) is 5.50. The molecule has 0 radical (unpaired) electrons. The van der Waals surface area contributed by atoms with E-state index in [-0.39, 0.29) is 24.4 Å². The third-order valence-corrected chi connectivity index (χ3v) is 4.23. The molecular weight excluding hydrogens is 284 g/mol. The first-order valence-electron chi connectivity index (χ1n) is 6.09. The Kier molecular flexibility index (Phi) is 3.64. The zero-order chi connectivity index (χ0) is 12.6. The van der Waals surface area contributed by atoms with E-state index in [2.05, 4.69) is 28.1 Å². The first-order chi connectivity index (χ1) is 7.93. The van der Waals surface area contributed by atoms with E-state index in [4.69, 9.17) is 4.74 Å². The smallest absolute Gasteiger partial charge is 0.322 e. The van der Waals surface area contributed by atoms with Gasteiger partial charge in [-0.3, -0.25) is 4.79 Å². The Balaban J connectivity index is 1.92. The molecule has 1 N–H and O–H groups in total. The maximum atomic E-state index is 11.7. The summed E-state index contributed by atoms with van der Waals surface area (Å²) in [6, 6.07) is 0. The van der Waals surface area contributed by atoms with Crippen molar-refractivity contribution in [1.82, 2.24) is 0 Å². The van der Waals surface area contributed by atoms with Crippen LogP contribution in [0.15, 0.2) is 12.2 Å². The molecule has 0 aromatic heterocycles. The highest BCUT2D eigenvalue weighted by molar-refractivity contribution is 9.10. The number of aliphatic hydroxyl groups is 1. The molecule has 0 unspecified atom stereocenters. The first kappa shape index (κ1) is 13.1. The van der Waals surface area contributed by atoms with Crippen molar-refractivity contribution in [3.8, 4) is 0 Å². The fourth-order valence-corrected chi connectivity index (χ4v) is 3.00. The van der Waals surface area contributed by atoms with E-state index in [0.717, 1.165) is 6.42 Å². The fourth-order valence-electron chi connectivity index (χ4n) is 2.89. The van der Waals surface area contributed by atoms with Gasteiger partial charge in [0.15, 0.2) is 0 Å². The van der Waals surface area contributed by atoms with Gasteiger partial charge in [0.05, 0.1) is 6.61 Å². The van der Waals surface area contributed by atoms with Crippen LogP contribution >= 0.6 is 15.9 Å². The van der Waals surface area contributed by atoms with Gasteiger partial charge in [-0.05, 0) is 38.0 Å². The van der Waals surface area contributed by atoms with E-state index in [0.29, 0.717) is 18.4 Å². The van der Waals surface area contributed by atoms with Gasteiger partial charge >= 0.3 is 5.97 Å². The molecular formula is C13H19BrO3. The van der Waals surface area contributed by atoms with E-state index >= 15 is 0 Å². The topological polar surface area (TPSA) is 46.5 Å². The summed E-state index contributed by atoms with van der Waals surface area (Å²) in [5.74, 6) is 1.26. The molecule has 0 spiro atoms. The minimum Gasteiger partial charge on any atom is -0.464 e. The van der Waals surface area contributed by atoms with Gasteiger partial charge in [0.25, 0.3) is 0 Å². The molecule has 4 atom stereocenters. The largest absolute Gasteiger partial charge is 0.464 e. The summed E-state index contributed by atoms with van der Waals surface area (Å²) >= 11 is 3.29. The number of halogens is 1. The number of aliphatic hydroxyl groups excluding tert-OH is 1. The van der Waals surface area contributed by atoms with Crippen molar-refractivity contribution in [2.45, 2.75) is 24.6 Å². The molecule has 1 saturated carbocycles. The number of ether oxygens (including phenoxy) is 1. The van der Waals surface area contributed by atoms with Gasteiger partial charge in [0.1, 0.15) is 4.32 Å². The number of alkyl halides is 1. The number of carbonyl (C=O) groups excluding carboxylic acids is 1. The first-order valence-corrected chi connectivity index (χ1v) is 6.88. The van der Waals surface area contributed by atoms with Crippen molar-refractivity contribution in [2.24, 2.45) is 23.7 Å². The molecule has 2 rings (SSSR count). The van der Waals surface area contributed by atoms with Crippen LogP contribution < -0.4 is 0 Å². The molecule has 2 aliphatic rings. The molecule has 1 fully saturated rings. The minimum absolute atomic E-state index is 0.186. The summed E-state index contributed by atoms with van der Waals surface area (Å²) in [6.45, 7) is 4.16. The Morgan fingerprint density at radius 1 is 1.41 bits per heavy atom. The van der Waals surface area contributed by atoms with Crippen LogP contribution in [0.25, 0.3) is 0 Å². The maximum absolute atomic E-state index is 11.7. The molecule has 0 aromatic rings. The number of esters is 1. The highest BCUT2D eigenvalue weighted by atomic mass is 79.9. The molecule has 0 aliphatic heterocycles. The number of fused-ring (bicyclic) bond motifs is 2. The van der Waals surface area contributed by atoms with Gasteiger partial charge in [-0.15, -0.1) is 0 Å². The third-order valence-electron chi connectivity index (χ3n) is 3.90. The van der Waals surface area contributed by atoms with Crippen LogP contribution in [0.3, 0.4) is 0 Å². The molecule has 0 heterocycles. The number of allylic oxidation sites excluding steroid dienone is 2. The average Bonchev–Trinajstić information content (AvgIpc) is 2.83. The van der Waals surface area contributed by atoms with Gasteiger partial charge in [0, 0.05) is 12.5 Å². The molecule has 2 bridgehead atoms. The SMILES string of the molecule is CC(C)(Br)C(=O)OC[C@@H]1[C@H](CO)[C@H]2C=C[C@@H]1C2. The number of hydrogen-bond donors (Lipinski definition) is 1. The summed E-state index contributed by atoms with van der Waals surface area (Å²) in [5.41, 5.74) is 0. The van der Waals surface area contributed by atoms with E-state index < -0.39 is 4.32 Å². The highest BCUT2D eigenvalue weighted by Gasteiger charge is 2.44. The van der Waals surface area contributed by atoms with Crippen molar-refractivity contribution < 1.29 is 14.6 Å². The van der Waals surface area contributed by atoms with E-state index in [1.165, 1.54) is 0 Å². The predicted molar refractivity (Wildman–Crippen MR) is 68.8 cm³/mol. The molecule has 96 valence electrons. The summed E-state index contributed by atoms with van der Waals surface area (Å²) in [7, 11) is 0. The lowest BCUT2D eigenvalue weighted by molar-refractivity contribution is -0.147. The summed E-state index contributed by atoms with van der Waals surface area (Å²) in [5, 5.41) is 9.40. The lowest BCUT2D eigenvalue weighted by atomic mass is 9.84. The molecule has 4 heteroatoms. The Hall–Kier alpha value is -0.350. The van der Waals surface area contributed by atoms with Crippen LogP contribution in [0, 0.1) is 23.7 Å². The van der Waals surface area contributed by atoms with Crippen LogP contribution in [-0.4, -0.2) is 28.6 Å². The highest BCUT2D eigenvalue weighted by Crippen LogP contribution is 2.47. The fraction of sp³-hybridized carbons (Fsp3) is 0.769. The van der Waals surface area contributed by atoms with E-state index in [1.54, 1.807) is 13.8 Å². The van der Waals surface area contributed by atoms with E-state index in [9.17, 15) is 9.90 Å². The average molecular weight is 303 g/mol. The van der Waals surface area contributed by atoms with Crippen LogP contribution in [0.2, 0.25) is 0 Å². The molecule has 0 saturated heterocycles. The van der Waals surface area contributed by atoms with Gasteiger partial charge < -0.3 is 9.84 Å². The Labute approximate surface area is 110 Å². The van der Waals surface area contributed by atoms with Crippen LogP contribution in [-0.2, 0) is 9.53 Å². The lowest BCUT2D eigenvalue weighted by Crippen LogP contribution is -2.32. The van der Waals surface area contributed by atoms with Crippen molar-refractivity contribution in [2.75, 3.05) is 13.2 Å². The van der Waals surface area contributed by atoms with Gasteiger partial charge in [0.2, 0.25) is 0 Å². The lowest BCUT2D eigenvalue weighted by Gasteiger charge is -2.27. The van der Waals surface area contributed by atoms with Crippen molar-refractivity contribution in [3.05, 3.63) is 12.2 Å². The number of carbonyl (C=O) groups is 1. The Morgan fingerprint density at radius 3 is 2.53 bits per heavy atom. The van der Waals surface area contributed by atoms with Crippen LogP contribution in [0.5, 0.6) is 0 Å².